The van der Waals surface area contributed by atoms with Crippen LogP contribution in [0.25, 0.3) is 0 Å². The van der Waals surface area contributed by atoms with Gasteiger partial charge in [0.05, 0.1) is 5.60 Å². The van der Waals surface area contributed by atoms with Gasteiger partial charge in [-0.1, -0.05) is 37.6 Å². The van der Waals surface area contributed by atoms with Crippen molar-refractivity contribution in [2.45, 2.75) is 46.1 Å². The summed E-state index contributed by atoms with van der Waals surface area (Å²) in [5.41, 5.74) is 2.77. The number of hydrogen-bond acceptors (Lipinski definition) is 1. The second-order valence-electron chi connectivity index (χ2n) is 4.85. The SMILES string of the molecule is Cc1cc(C(C)C)cc(C(C)(C)O)c1. The molecule has 0 aliphatic carbocycles. The summed E-state index contributed by atoms with van der Waals surface area (Å²) in [6.45, 7) is 10.1. The molecule has 1 rings (SSSR count). The molecule has 0 bridgehead atoms. The predicted molar refractivity (Wildman–Crippen MR) is 60.5 cm³/mol. The average Bonchev–Trinajstić information content (AvgIpc) is 2.01. The fraction of sp³-hybridized carbons (Fsp3) is 0.538. The Morgan fingerprint density at radius 2 is 1.71 bits per heavy atom. The maximum absolute atomic E-state index is 9.92. The molecule has 0 saturated heterocycles. The van der Waals surface area contributed by atoms with Gasteiger partial charge in [-0.05, 0) is 37.8 Å². The second-order valence-corrected chi connectivity index (χ2v) is 4.85. The zero-order valence-corrected chi connectivity index (χ0v) is 9.76. The van der Waals surface area contributed by atoms with E-state index in [2.05, 4.69) is 32.9 Å². The minimum absolute atomic E-state index is 0.510. The highest BCUT2D eigenvalue weighted by molar-refractivity contribution is 5.33. The number of aliphatic hydroxyl groups is 1. The molecule has 0 heterocycles. The summed E-state index contributed by atoms with van der Waals surface area (Å²) in [6.07, 6.45) is 0. The van der Waals surface area contributed by atoms with Crippen molar-refractivity contribution in [3.8, 4) is 0 Å². The second kappa shape index (κ2) is 3.74. The van der Waals surface area contributed by atoms with E-state index < -0.39 is 5.60 Å². The van der Waals surface area contributed by atoms with E-state index in [9.17, 15) is 5.11 Å². The van der Waals surface area contributed by atoms with E-state index in [0.29, 0.717) is 5.92 Å². The number of aryl methyl sites for hydroxylation is 1. The highest BCUT2D eigenvalue weighted by Crippen LogP contribution is 2.25. The van der Waals surface area contributed by atoms with Crippen LogP contribution in [0.4, 0.5) is 0 Å². The van der Waals surface area contributed by atoms with E-state index in [1.807, 2.05) is 19.9 Å². The van der Waals surface area contributed by atoms with Gasteiger partial charge in [-0.15, -0.1) is 0 Å². The van der Waals surface area contributed by atoms with Gasteiger partial charge in [0.1, 0.15) is 0 Å². The van der Waals surface area contributed by atoms with Crippen molar-refractivity contribution < 1.29 is 5.11 Å². The lowest BCUT2D eigenvalue weighted by atomic mass is 9.91. The lowest BCUT2D eigenvalue weighted by Crippen LogP contribution is -2.16. The fourth-order valence-electron chi connectivity index (χ4n) is 1.50. The maximum atomic E-state index is 9.92. The maximum Gasteiger partial charge on any atom is 0.0840 e. The van der Waals surface area contributed by atoms with Crippen molar-refractivity contribution in [2.75, 3.05) is 0 Å². The zero-order chi connectivity index (χ0) is 10.9. The van der Waals surface area contributed by atoms with Gasteiger partial charge in [-0.2, -0.15) is 0 Å². The van der Waals surface area contributed by atoms with Crippen LogP contribution in [0.2, 0.25) is 0 Å². The Labute approximate surface area is 86.8 Å². The Morgan fingerprint density at radius 1 is 1.14 bits per heavy atom. The number of hydrogen-bond donors (Lipinski definition) is 1. The van der Waals surface area contributed by atoms with Crippen molar-refractivity contribution >= 4 is 0 Å². The Hall–Kier alpha value is -0.820. The molecule has 0 radical (unpaired) electrons. The smallest absolute Gasteiger partial charge is 0.0840 e. The molecular formula is C13H20O. The van der Waals surface area contributed by atoms with Crippen molar-refractivity contribution in [2.24, 2.45) is 0 Å². The molecule has 0 spiro atoms. The summed E-state index contributed by atoms with van der Waals surface area (Å²) in [6, 6.07) is 6.32. The first kappa shape index (κ1) is 11.3. The summed E-state index contributed by atoms with van der Waals surface area (Å²) < 4.78 is 0. The number of benzene rings is 1. The Morgan fingerprint density at radius 3 is 2.14 bits per heavy atom. The van der Waals surface area contributed by atoms with Gasteiger partial charge >= 0.3 is 0 Å². The molecule has 78 valence electrons. The van der Waals surface area contributed by atoms with Crippen molar-refractivity contribution in [1.29, 1.82) is 0 Å². The molecule has 0 amide bonds. The number of rotatable bonds is 2. The monoisotopic (exact) mass is 192 g/mol. The van der Waals surface area contributed by atoms with Gasteiger partial charge in [0.25, 0.3) is 0 Å². The molecule has 1 aromatic rings. The molecule has 1 N–H and O–H groups in total. The zero-order valence-electron chi connectivity index (χ0n) is 9.76. The average molecular weight is 192 g/mol. The minimum atomic E-state index is -0.740. The van der Waals surface area contributed by atoms with Gasteiger partial charge in [0, 0.05) is 0 Å². The van der Waals surface area contributed by atoms with Gasteiger partial charge < -0.3 is 5.11 Å². The largest absolute Gasteiger partial charge is 0.386 e. The van der Waals surface area contributed by atoms with Crippen LogP contribution in [-0.4, -0.2) is 5.11 Å². The fourth-order valence-corrected chi connectivity index (χ4v) is 1.50. The van der Waals surface area contributed by atoms with Gasteiger partial charge in [-0.25, -0.2) is 0 Å². The summed E-state index contributed by atoms with van der Waals surface area (Å²) >= 11 is 0. The van der Waals surface area contributed by atoms with Crippen LogP contribution >= 0.6 is 0 Å². The summed E-state index contributed by atoms with van der Waals surface area (Å²) in [5, 5.41) is 9.92. The first-order valence-electron chi connectivity index (χ1n) is 5.15. The third kappa shape index (κ3) is 2.58. The standard InChI is InChI=1S/C13H20O/c1-9(2)11-6-10(3)7-12(8-11)13(4,5)14/h6-9,14H,1-5H3. The molecule has 1 heteroatoms. The highest BCUT2D eigenvalue weighted by atomic mass is 16.3. The van der Waals surface area contributed by atoms with E-state index in [1.165, 1.54) is 11.1 Å². The van der Waals surface area contributed by atoms with Crippen LogP contribution in [0.1, 0.15) is 50.3 Å². The van der Waals surface area contributed by atoms with Crippen LogP contribution < -0.4 is 0 Å². The Bertz CT molecular complexity index is 318. The summed E-state index contributed by atoms with van der Waals surface area (Å²) in [5.74, 6) is 0.510. The van der Waals surface area contributed by atoms with Crippen LogP contribution in [0.3, 0.4) is 0 Å². The Kier molecular flexibility index (Phi) is 3.01. The molecule has 0 unspecified atom stereocenters. The highest BCUT2D eigenvalue weighted by Gasteiger charge is 2.17. The topological polar surface area (TPSA) is 20.2 Å². The predicted octanol–water partition coefficient (Wildman–Crippen LogP) is 3.35. The van der Waals surface area contributed by atoms with Crippen molar-refractivity contribution in [1.82, 2.24) is 0 Å². The van der Waals surface area contributed by atoms with E-state index in [4.69, 9.17) is 0 Å². The molecule has 1 aromatic carbocycles. The van der Waals surface area contributed by atoms with Gasteiger partial charge in [0.2, 0.25) is 0 Å². The normalized spacial score (nSPS) is 12.2. The quantitative estimate of drug-likeness (QED) is 0.762. The first-order valence-corrected chi connectivity index (χ1v) is 5.15. The van der Waals surface area contributed by atoms with Crippen molar-refractivity contribution in [3.63, 3.8) is 0 Å². The van der Waals surface area contributed by atoms with Gasteiger partial charge in [-0.3, -0.25) is 0 Å². The molecule has 0 aliphatic rings. The van der Waals surface area contributed by atoms with E-state index in [0.717, 1.165) is 5.56 Å². The van der Waals surface area contributed by atoms with E-state index in [-0.39, 0.29) is 0 Å². The molecule has 14 heavy (non-hydrogen) atoms. The molecule has 0 atom stereocenters. The molecule has 0 aliphatic heterocycles. The molecule has 0 aromatic heterocycles. The van der Waals surface area contributed by atoms with E-state index >= 15 is 0 Å². The lowest BCUT2D eigenvalue weighted by Gasteiger charge is -2.20. The third-order valence-electron chi connectivity index (χ3n) is 2.47. The summed E-state index contributed by atoms with van der Waals surface area (Å²) in [7, 11) is 0. The molecular weight excluding hydrogens is 172 g/mol. The molecule has 0 fully saturated rings. The molecule has 1 nitrogen and oxygen atoms in total. The van der Waals surface area contributed by atoms with E-state index in [1.54, 1.807) is 0 Å². The Balaban J connectivity index is 3.21. The van der Waals surface area contributed by atoms with Gasteiger partial charge in [0.15, 0.2) is 0 Å². The van der Waals surface area contributed by atoms with Crippen LogP contribution in [-0.2, 0) is 5.60 Å². The van der Waals surface area contributed by atoms with Crippen LogP contribution in [0.15, 0.2) is 18.2 Å². The lowest BCUT2D eigenvalue weighted by molar-refractivity contribution is 0.0784. The van der Waals surface area contributed by atoms with Crippen LogP contribution in [0.5, 0.6) is 0 Å². The molecule has 0 saturated carbocycles. The first-order chi connectivity index (χ1) is 6.30. The van der Waals surface area contributed by atoms with Crippen molar-refractivity contribution in [3.05, 3.63) is 34.9 Å². The minimum Gasteiger partial charge on any atom is -0.386 e. The third-order valence-corrected chi connectivity index (χ3v) is 2.47. The summed E-state index contributed by atoms with van der Waals surface area (Å²) in [4.78, 5) is 0. The van der Waals surface area contributed by atoms with Crippen LogP contribution in [0, 0.1) is 6.92 Å².